The van der Waals surface area contributed by atoms with Crippen LogP contribution in [0.15, 0.2) is 199 Å². The molecule has 3 heterocycles. The highest BCUT2D eigenvalue weighted by Crippen LogP contribution is 2.37. The Hall–Kier alpha value is -4.48. The van der Waals surface area contributed by atoms with E-state index in [1.165, 1.54) is 70.6 Å². The van der Waals surface area contributed by atoms with Crippen LogP contribution in [0.1, 0.15) is 278 Å². The second-order valence-corrected chi connectivity index (χ2v) is 36.0. The molecular formula is C92H119Br3Cl6F3N3O2S2. The van der Waals surface area contributed by atoms with Crippen molar-refractivity contribution in [2.24, 2.45) is 0 Å². The molecule has 0 aliphatic heterocycles. The maximum atomic E-state index is 12.4. The van der Waals surface area contributed by atoms with Gasteiger partial charge in [-0.25, -0.2) is 0 Å². The number of aryl methyl sites for hydroxylation is 2. The molecule has 10 rings (SSSR count). The van der Waals surface area contributed by atoms with Crippen LogP contribution >= 0.6 is 140 Å². The zero-order chi connectivity index (χ0) is 84.6. The highest BCUT2D eigenvalue weighted by molar-refractivity contribution is 9.11. The minimum absolute atomic E-state index is 0.0992. The van der Waals surface area contributed by atoms with Crippen LogP contribution in [0.25, 0.3) is 0 Å². The Balaban J connectivity index is 0.000000618. The van der Waals surface area contributed by atoms with Crippen molar-refractivity contribution in [2.45, 2.75) is 236 Å². The summed E-state index contributed by atoms with van der Waals surface area (Å²) in [5.41, 5.74) is 12.4. The van der Waals surface area contributed by atoms with E-state index in [-0.39, 0.29) is 5.92 Å². The van der Waals surface area contributed by atoms with Gasteiger partial charge in [0, 0.05) is 79.0 Å². The van der Waals surface area contributed by atoms with E-state index in [4.69, 9.17) is 79.1 Å². The molecule has 0 N–H and O–H groups in total. The number of aromatic nitrogens is 3. The Morgan fingerprint density at radius 3 is 1.32 bits per heavy atom. The summed E-state index contributed by atoms with van der Waals surface area (Å²) in [6.07, 6.45) is 1.42. The quantitative estimate of drug-likeness (QED) is 0.0958. The predicted octanol–water partition coefficient (Wildman–Crippen LogP) is 35.4. The number of halogens is 12. The number of methoxy groups -OCH3 is 2. The van der Waals surface area contributed by atoms with Gasteiger partial charge < -0.3 is 9.47 Å². The number of nitrogens with zero attached hydrogens (tertiary/aromatic N) is 3. The Labute approximate surface area is 730 Å². The number of pyridine rings is 1. The third-order valence-corrected chi connectivity index (χ3v) is 22.2. The van der Waals surface area contributed by atoms with E-state index in [0.717, 1.165) is 65.6 Å². The van der Waals surface area contributed by atoms with Crippen LogP contribution < -0.4 is 9.47 Å². The molecule has 5 nitrogen and oxygen atoms in total. The zero-order valence-electron chi connectivity index (χ0n) is 69.5. The van der Waals surface area contributed by atoms with Gasteiger partial charge in [-0.15, -0.1) is 11.8 Å². The van der Waals surface area contributed by atoms with E-state index < -0.39 is 11.7 Å². The molecule has 7 aromatic carbocycles. The average Bonchev–Trinajstić information content (AvgIpc) is 1.50. The lowest BCUT2D eigenvalue weighted by Gasteiger charge is -2.14. The van der Waals surface area contributed by atoms with E-state index in [0.29, 0.717) is 68.9 Å². The van der Waals surface area contributed by atoms with Gasteiger partial charge in [0.1, 0.15) is 11.5 Å². The van der Waals surface area contributed by atoms with Crippen molar-refractivity contribution < 1.29 is 22.6 Å². The maximum absolute atomic E-state index is 12.4. The molecular weight excluding hydrogens is 1750 g/mol. The van der Waals surface area contributed by atoms with E-state index >= 15 is 0 Å². The van der Waals surface area contributed by atoms with Crippen molar-refractivity contribution in [2.75, 3.05) is 20.0 Å². The molecule has 0 fully saturated rings. The molecule has 0 aliphatic carbocycles. The Morgan fingerprint density at radius 2 is 0.937 bits per heavy atom. The summed E-state index contributed by atoms with van der Waals surface area (Å²) in [6, 6.07) is 47.3. The minimum Gasteiger partial charge on any atom is -0.496 e. The predicted molar refractivity (Wildman–Crippen MR) is 495 cm³/mol. The molecule has 610 valence electrons. The van der Waals surface area contributed by atoms with Crippen molar-refractivity contribution in [3.8, 4) is 11.5 Å². The molecule has 0 atom stereocenters. The zero-order valence-corrected chi connectivity index (χ0v) is 80.4. The number of hydrogen-bond donors (Lipinski definition) is 0. The number of ether oxygens (including phenoxy) is 2. The Morgan fingerprint density at radius 1 is 0.441 bits per heavy atom. The molecule has 0 aliphatic rings. The number of benzene rings is 7. The van der Waals surface area contributed by atoms with Crippen LogP contribution in [0.5, 0.6) is 11.5 Å². The Bertz CT molecular complexity index is 4180. The number of thiophene rings is 1. The number of thioether (sulfide) groups is 1. The van der Waals surface area contributed by atoms with Gasteiger partial charge in [-0.3, -0.25) is 9.67 Å². The van der Waals surface area contributed by atoms with Crippen molar-refractivity contribution >= 4 is 140 Å². The van der Waals surface area contributed by atoms with Crippen molar-refractivity contribution in [3.05, 3.63) is 291 Å². The van der Waals surface area contributed by atoms with Gasteiger partial charge in [-0.1, -0.05) is 308 Å². The fourth-order valence-electron chi connectivity index (χ4n) is 10.5. The van der Waals surface area contributed by atoms with Gasteiger partial charge in [0.15, 0.2) is 0 Å². The summed E-state index contributed by atoms with van der Waals surface area (Å²) in [5, 5.41) is 13.3. The Kier molecular flexibility index (Phi) is 52.0. The normalized spacial score (nSPS) is 10.8. The summed E-state index contributed by atoms with van der Waals surface area (Å²) in [5.74, 6) is 7.70. The molecule has 19 heteroatoms. The lowest BCUT2D eigenvalue weighted by Crippen LogP contribution is -2.09. The van der Waals surface area contributed by atoms with Crippen molar-refractivity contribution in [1.82, 2.24) is 14.8 Å². The highest BCUT2D eigenvalue weighted by Gasteiger charge is 2.33. The molecule has 0 unspecified atom stereocenters. The summed E-state index contributed by atoms with van der Waals surface area (Å²) in [4.78, 5) is 5.31. The van der Waals surface area contributed by atoms with Gasteiger partial charge in [0.05, 0.1) is 25.5 Å². The van der Waals surface area contributed by atoms with Gasteiger partial charge in [-0.05, 0) is 247 Å². The fourth-order valence-corrected chi connectivity index (χ4v) is 16.4. The largest absolute Gasteiger partial charge is 0.496 e. The van der Waals surface area contributed by atoms with E-state index in [1.807, 2.05) is 102 Å². The van der Waals surface area contributed by atoms with Crippen LogP contribution in [-0.4, -0.2) is 34.7 Å². The summed E-state index contributed by atoms with van der Waals surface area (Å²) >= 11 is 49.4. The second kappa shape index (κ2) is 55.2. The van der Waals surface area contributed by atoms with Crippen LogP contribution in [0, 0.1) is 6.92 Å². The molecule has 111 heavy (non-hydrogen) atoms. The van der Waals surface area contributed by atoms with Crippen LogP contribution in [0.2, 0.25) is 30.1 Å². The van der Waals surface area contributed by atoms with Crippen molar-refractivity contribution in [1.29, 1.82) is 0 Å². The van der Waals surface area contributed by atoms with E-state index in [9.17, 15) is 13.2 Å². The molecule has 3 aromatic heterocycles. The summed E-state index contributed by atoms with van der Waals surface area (Å²) in [6.45, 7) is 49.6. The first-order valence-corrected chi connectivity index (χ1v) is 44.1. The molecule has 0 saturated heterocycles. The van der Waals surface area contributed by atoms with E-state index in [1.54, 1.807) is 63.8 Å². The maximum Gasteiger partial charge on any atom is 0.416 e. The first-order chi connectivity index (χ1) is 52.0. The summed E-state index contributed by atoms with van der Waals surface area (Å²) in [7, 11) is 3.41. The van der Waals surface area contributed by atoms with Gasteiger partial charge in [0.2, 0.25) is 0 Å². The number of rotatable bonds is 15. The average molecular weight is 1870 g/mol. The third kappa shape index (κ3) is 39.8. The van der Waals surface area contributed by atoms with Crippen LogP contribution in [0.4, 0.5) is 13.2 Å². The lowest BCUT2D eigenvalue weighted by atomic mass is 9.97. The number of para-hydroxylation sites is 1. The molecule has 0 spiro atoms. The third-order valence-electron chi connectivity index (χ3n) is 16.6. The molecule has 0 bridgehead atoms. The highest BCUT2D eigenvalue weighted by atomic mass is 79.9. The molecule has 0 radical (unpaired) electrons. The topological polar surface area (TPSA) is 49.2 Å². The lowest BCUT2D eigenvalue weighted by molar-refractivity contribution is -0.138. The van der Waals surface area contributed by atoms with E-state index in [2.05, 4.69) is 257 Å². The summed E-state index contributed by atoms with van der Waals surface area (Å²) < 4.78 is 53.2. The van der Waals surface area contributed by atoms with Crippen molar-refractivity contribution in [3.63, 3.8) is 0 Å². The van der Waals surface area contributed by atoms with Crippen LogP contribution in [0.3, 0.4) is 0 Å². The second-order valence-electron chi connectivity index (χ2n) is 28.8. The first-order valence-electron chi connectivity index (χ1n) is 37.5. The number of alkyl halides is 3. The SMILES string of the molecule is CC(C)c1cc(Cl)cc(Cl)c1.CC(C)c1cc(Cl)ccc1Cl.CC(C)c1ccccc1Br.CC(C)c1ccccc1C(F)(F)F.CC(C)c1cnccc1Cl.CC(C)c1cscc1Br.CCSc1cccc(Cl)c1C(C)C.CCn1cc(C(C)C)c(C)n1.COc1ccc(Br)cc1C(C)C.COc1ccccc1C(C)C. The van der Waals surface area contributed by atoms with Gasteiger partial charge in [0.25, 0.3) is 0 Å². The van der Waals surface area contributed by atoms with Gasteiger partial charge in [-0.2, -0.15) is 29.6 Å². The molecule has 0 saturated carbocycles. The monoisotopic (exact) mass is 1870 g/mol. The van der Waals surface area contributed by atoms with Gasteiger partial charge >= 0.3 is 6.18 Å². The smallest absolute Gasteiger partial charge is 0.416 e. The molecule has 0 amide bonds. The fraction of sp³-hybridized carbons (Fsp3) is 0.413. The molecule has 10 aromatic rings. The number of hydrogen-bond acceptors (Lipinski definition) is 6. The first kappa shape index (κ1) is 105. The minimum atomic E-state index is -4.24. The standard InChI is InChI=1S/C11H15ClS.C10H13BrO.C10H11F3.C10H14O.C9H11Br.2C9H10Cl2.C9H16N2.C8H10ClN.C7H9BrS/c1-4-13-10-7-5-6-9(12)11(10)8(2)3;1-7(2)9-6-8(11)4-5-10(9)12-3;1-7(2)8-5-3-4-6-9(8)10(11,12)13;1-8(2)9-6-4-5-7-10(9)11-3;1-7(2)8-5-3-4-6-9(8)10;1-6(2)7-3-8(10)5-9(11)4-7;1-6(2)8-5-7(10)3-4-9(8)11;1-5-11-6-9(7(2)3)8(4)10-11;1-6(2)7-5-10-4-3-8(7)9;1-5(2)6-3-9-4-7(6)8/h5-8H,4H2,1-3H3;4-7H,1-3H3;3-7H,1-2H3;4-8H,1-3H3;3-7H,1-2H3;2*3-6H,1-2H3;6-7H,5H2,1-4H3;3-6H,1-2H3;3-5H,1-2H3. The van der Waals surface area contributed by atoms with Crippen LogP contribution in [-0.2, 0) is 12.7 Å².